The number of rotatable bonds is 2. The van der Waals surface area contributed by atoms with Crippen molar-refractivity contribution in [3.05, 3.63) is 11.6 Å². The molecule has 0 bridgehead atoms. The zero-order valence-corrected chi connectivity index (χ0v) is 16.8. The summed E-state index contributed by atoms with van der Waals surface area (Å²) < 4.78 is 24.9. The number of Topliss-reactive ketones (excluding diaryl/α,β-unsaturated/α-hetero) is 1. The van der Waals surface area contributed by atoms with Gasteiger partial charge in [-0.3, -0.25) is 4.79 Å². The van der Waals surface area contributed by atoms with E-state index in [0.29, 0.717) is 30.0 Å². The highest BCUT2D eigenvalue weighted by molar-refractivity contribution is 7.92. The SMILES string of the molecule is C#CCS(=O)(=O)[C@H]1CC[C@@]2(C)C(=CCC3C2CC[C@]2(C)C(=O)CCC32)C1. The van der Waals surface area contributed by atoms with Gasteiger partial charge in [0.25, 0.3) is 0 Å². The van der Waals surface area contributed by atoms with Gasteiger partial charge in [-0.15, -0.1) is 6.42 Å². The third-order valence-electron chi connectivity index (χ3n) is 8.56. The molecule has 4 heteroatoms. The average Bonchev–Trinajstić information content (AvgIpc) is 2.89. The molecule has 3 nitrogen and oxygen atoms in total. The van der Waals surface area contributed by atoms with Gasteiger partial charge >= 0.3 is 0 Å². The molecule has 0 aromatic carbocycles. The molecule has 0 radical (unpaired) electrons. The number of ketones is 1. The summed E-state index contributed by atoms with van der Waals surface area (Å²) in [6.45, 7) is 4.56. The summed E-state index contributed by atoms with van der Waals surface area (Å²) >= 11 is 0. The number of hydrogen-bond donors (Lipinski definition) is 0. The number of terminal acetylenes is 1. The van der Waals surface area contributed by atoms with Crippen molar-refractivity contribution in [3.63, 3.8) is 0 Å². The van der Waals surface area contributed by atoms with Gasteiger partial charge in [0.05, 0.1) is 5.25 Å². The van der Waals surface area contributed by atoms with Crippen LogP contribution in [0, 0.1) is 40.9 Å². The molecule has 3 unspecified atom stereocenters. The summed E-state index contributed by atoms with van der Waals surface area (Å²) in [4.78, 5) is 12.5. The molecule has 0 amide bonds. The number of allylic oxidation sites excluding steroid dienone is 2. The Morgan fingerprint density at radius 1 is 1.15 bits per heavy atom. The fourth-order valence-electron chi connectivity index (χ4n) is 6.94. The Kier molecular flexibility index (Phi) is 4.19. The van der Waals surface area contributed by atoms with Gasteiger partial charge < -0.3 is 0 Å². The van der Waals surface area contributed by atoms with Crippen LogP contribution in [-0.2, 0) is 14.6 Å². The van der Waals surface area contributed by atoms with Crippen LogP contribution >= 0.6 is 0 Å². The van der Waals surface area contributed by atoms with Gasteiger partial charge in [0, 0.05) is 11.8 Å². The van der Waals surface area contributed by atoms with Crippen molar-refractivity contribution in [3.8, 4) is 12.3 Å². The van der Waals surface area contributed by atoms with Crippen LogP contribution in [0.5, 0.6) is 0 Å². The highest BCUT2D eigenvalue weighted by Crippen LogP contribution is 2.64. The number of carbonyl (C=O) groups excluding carboxylic acids is 1. The molecule has 26 heavy (non-hydrogen) atoms. The molecule has 6 atom stereocenters. The average molecular weight is 375 g/mol. The van der Waals surface area contributed by atoms with E-state index in [0.717, 1.165) is 44.9 Å². The molecule has 4 rings (SSSR count). The van der Waals surface area contributed by atoms with Crippen LogP contribution in [0.3, 0.4) is 0 Å². The molecular formula is C22H30O3S. The molecule has 0 spiro atoms. The first-order chi connectivity index (χ1) is 12.2. The molecule has 0 saturated heterocycles. The summed E-state index contributed by atoms with van der Waals surface area (Å²) in [6, 6.07) is 0. The Balaban J connectivity index is 1.62. The molecule has 0 heterocycles. The van der Waals surface area contributed by atoms with Crippen molar-refractivity contribution in [1.29, 1.82) is 0 Å². The predicted molar refractivity (Wildman–Crippen MR) is 103 cm³/mol. The van der Waals surface area contributed by atoms with E-state index in [9.17, 15) is 13.2 Å². The van der Waals surface area contributed by atoms with E-state index in [1.165, 1.54) is 5.57 Å². The van der Waals surface area contributed by atoms with Crippen LogP contribution < -0.4 is 0 Å². The maximum absolute atomic E-state index is 12.5. The highest BCUT2D eigenvalue weighted by Gasteiger charge is 2.58. The lowest BCUT2D eigenvalue weighted by molar-refractivity contribution is -0.131. The van der Waals surface area contributed by atoms with Crippen LogP contribution in [0.15, 0.2) is 11.6 Å². The molecule has 0 N–H and O–H groups in total. The standard InChI is InChI=1S/C22H30O3S/c1-4-13-26(24,25)16-9-11-21(2)15(14-16)5-6-17-18-7-8-20(23)22(18,3)12-10-19(17)21/h1,5,16-19H,6-14H2,2-3H3/t16-,17?,18?,19?,21-,22-/m0/s1. The summed E-state index contributed by atoms with van der Waals surface area (Å²) in [7, 11) is -3.19. The first kappa shape index (κ1) is 18.3. The summed E-state index contributed by atoms with van der Waals surface area (Å²) in [5.74, 6) is 4.37. The van der Waals surface area contributed by atoms with E-state index >= 15 is 0 Å². The van der Waals surface area contributed by atoms with Gasteiger partial charge in [0.1, 0.15) is 11.5 Å². The number of carbonyl (C=O) groups is 1. The van der Waals surface area contributed by atoms with Gasteiger partial charge in [-0.25, -0.2) is 8.42 Å². The minimum absolute atomic E-state index is 0.101. The van der Waals surface area contributed by atoms with Gasteiger partial charge in [-0.05, 0) is 68.1 Å². The highest BCUT2D eigenvalue weighted by atomic mass is 32.2. The van der Waals surface area contributed by atoms with Gasteiger partial charge in [-0.2, -0.15) is 0 Å². The van der Waals surface area contributed by atoms with Crippen molar-refractivity contribution < 1.29 is 13.2 Å². The maximum atomic E-state index is 12.5. The van der Waals surface area contributed by atoms with Gasteiger partial charge in [0.15, 0.2) is 9.84 Å². The van der Waals surface area contributed by atoms with Crippen LogP contribution in [0.25, 0.3) is 0 Å². The van der Waals surface area contributed by atoms with E-state index in [1.54, 1.807) is 0 Å². The van der Waals surface area contributed by atoms with Crippen LogP contribution in [0.2, 0.25) is 0 Å². The number of sulfone groups is 1. The molecule has 3 fully saturated rings. The Morgan fingerprint density at radius 2 is 1.85 bits per heavy atom. The van der Waals surface area contributed by atoms with Crippen LogP contribution in [-0.4, -0.2) is 25.2 Å². The van der Waals surface area contributed by atoms with E-state index in [2.05, 4.69) is 25.8 Å². The third-order valence-corrected chi connectivity index (χ3v) is 10.5. The summed E-state index contributed by atoms with van der Waals surface area (Å²) in [6.07, 6.45) is 14.9. The molecule has 0 aromatic heterocycles. The van der Waals surface area contributed by atoms with Crippen LogP contribution in [0.1, 0.15) is 65.2 Å². The second-order valence-electron chi connectivity index (χ2n) is 9.55. The Bertz CT molecular complexity index is 802. The molecule has 4 aliphatic carbocycles. The predicted octanol–water partition coefficient (Wildman–Crippen LogP) is 3.93. The lowest BCUT2D eigenvalue weighted by Crippen LogP contribution is -2.51. The molecule has 4 aliphatic rings. The topological polar surface area (TPSA) is 51.2 Å². The largest absolute Gasteiger partial charge is 0.299 e. The smallest absolute Gasteiger partial charge is 0.164 e. The molecule has 0 aromatic rings. The van der Waals surface area contributed by atoms with Crippen molar-refractivity contribution in [2.45, 2.75) is 70.5 Å². The lowest BCUT2D eigenvalue weighted by Gasteiger charge is -2.57. The summed E-state index contributed by atoms with van der Waals surface area (Å²) in [5.41, 5.74) is 1.36. The van der Waals surface area contributed by atoms with Gasteiger partial charge in [0.2, 0.25) is 0 Å². The fraction of sp³-hybridized carbons (Fsp3) is 0.773. The third kappa shape index (κ3) is 2.46. The Morgan fingerprint density at radius 3 is 2.58 bits per heavy atom. The first-order valence-electron chi connectivity index (χ1n) is 10.1. The lowest BCUT2D eigenvalue weighted by atomic mass is 9.48. The van der Waals surface area contributed by atoms with Crippen molar-refractivity contribution in [1.82, 2.24) is 0 Å². The number of hydrogen-bond acceptors (Lipinski definition) is 3. The molecule has 142 valence electrons. The van der Waals surface area contributed by atoms with Crippen LogP contribution in [0.4, 0.5) is 0 Å². The van der Waals surface area contributed by atoms with Crippen molar-refractivity contribution >= 4 is 15.6 Å². The molecule has 3 saturated carbocycles. The van der Waals surface area contributed by atoms with Crippen molar-refractivity contribution in [2.24, 2.45) is 28.6 Å². The van der Waals surface area contributed by atoms with E-state index < -0.39 is 9.84 Å². The second-order valence-corrected chi connectivity index (χ2v) is 11.8. The van der Waals surface area contributed by atoms with E-state index in [4.69, 9.17) is 6.42 Å². The Hall–Kier alpha value is -1.08. The normalized spacial score (nSPS) is 45.1. The minimum Gasteiger partial charge on any atom is -0.299 e. The van der Waals surface area contributed by atoms with Gasteiger partial charge in [-0.1, -0.05) is 31.4 Å². The molecule has 0 aliphatic heterocycles. The maximum Gasteiger partial charge on any atom is 0.164 e. The molecular weight excluding hydrogens is 344 g/mol. The fourth-order valence-corrected chi connectivity index (χ4v) is 8.32. The second kappa shape index (κ2) is 5.96. The zero-order valence-electron chi connectivity index (χ0n) is 16.0. The minimum atomic E-state index is -3.19. The van der Waals surface area contributed by atoms with E-state index in [-0.39, 0.29) is 21.8 Å². The first-order valence-corrected chi connectivity index (χ1v) is 11.8. The summed E-state index contributed by atoms with van der Waals surface area (Å²) in [5, 5.41) is -0.309. The number of fused-ring (bicyclic) bond motifs is 5. The van der Waals surface area contributed by atoms with E-state index in [1.807, 2.05) is 0 Å². The Labute approximate surface area is 157 Å². The monoisotopic (exact) mass is 374 g/mol. The van der Waals surface area contributed by atoms with Crippen molar-refractivity contribution in [2.75, 3.05) is 5.75 Å². The zero-order chi connectivity index (χ0) is 18.7. The quantitative estimate of drug-likeness (QED) is 0.543.